The molecule has 46 valence electrons. The first-order valence-corrected chi connectivity index (χ1v) is 3.09. The highest BCUT2D eigenvalue weighted by atomic mass is 16.5. The molecule has 2 bridgehead atoms. The van der Waals surface area contributed by atoms with E-state index in [1.165, 1.54) is 0 Å². The fraction of sp³-hybridized carbons (Fsp3) is 1.00. The van der Waals surface area contributed by atoms with E-state index in [0.717, 1.165) is 25.2 Å². The van der Waals surface area contributed by atoms with Crippen molar-refractivity contribution in [3.63, 3.8) is 0 Å². The first-order valence-electron chi connectivity index (χ1n) is 3.09. The van der Waals surface area contributed by atoms with Crippen molar-refractivity contribution < 1.29 is 10.2 Å². The standard InChI is InChI=1S/C6H10O2/c7-5(8)6-1-4(2-6)3-6/h4-5,7-8H,1-3H2. The lowest BCUT2D eigenvalue weighted by molar-refractivity contribution is -0.258. The molecular weight excluding hydrogens is 104 g/mol. The van der Waals surface area contributed by atoms with Crippen LogP contribution in [0.25, 0.3) is 0 Å². The summed E-state index contributed by atoms with van der Waals surface area (Å²) in [7, 11) is 0. The van der Waals surface area contributed by atoms with Crippen molar-refractivity contribution in [2.75, 3.05) is 0 Å². The summed E-state index contributed by atoms with van der Waals surface area (Å²) in [5.74, 6) is 0.844. The van der Waals surface area contributed by atoms with Crippen molar-refractivity contribution in [3.05, 3.63) is 0 Å². The molecule has 2 heteroatoms. The van der Waals surface area contributed by atoms with Crippen LogP contribution < -0.4 is 0 Å². The summed E-state index contributed by atoms with van der Waals surface area (Å²) >= 11 is 0. The molecule has 0 unspecified atom stereocenters. The molecule has 0 spiro atoms. The van der Waals surface area contributed by atoms with Crippen LogP contribution in [-0.2, 0) is 0 Å². The summed E-state index contributed by atoms with van der Waals surface area (Å²) in [6.07, 6.45) is 2.15. The molecule has 0 atom stereocenters. The predicted octanol–water partition coefficient (Wildman–Crippen LogP) is 0.0972. The molecular formula is C6H10O2. The van der Waals surface area contributed by atoms with Crippen LogP contribution in [-0.4, -0.2) is 16.5 Å². The first-order chi connectivity index (χ1) is 3.73. The fourth-order valence-electron chi connectivity index (χ4n) is 1.86. The van der Waals surface area contributed by atoms with Gasteiger partial charge >= 0.3 is 0 Å². The van der Waals surface area contributed by atoms with E-state index < -0.39 is 6.29 Å². The molecule has 8 heavy (non-hydrogen) atoms. The largest absolute Gasteiger partial charge is 0.368 e. The Bertz CT molecular complexity index is 103. The molecule has 3 aliphatic rings. The van der Waals surface area contributed by atoms with E-state index in [2.05, 4.69) is 0 Å². The Hall–Kier alpha value is -0.0800. The molecule has 3 saturated carbocycles. The van der Waals surface area contributed by atoms with Crippen molar-refractivity contribution in [2.45, 2.75) is 25.6 Å². The van der Waals surface area contributed by atoms with E-state index >= 15 is 0 Å². The molecule has 2 N–H and O–H groups in total. The van der Waals surface area contributed by atoms with E-state index in [9.17, 15) is 0 Å². The topological polar surface area (TPSA) is 40.5 Å². The second-order valence-corrected chi connectivity index (χ2v) is 3.21. The van der Waals surface area contributed by atoms with Gasteiger partial charge in [0, 0.05) is 5.41 Å². The number of hydrogen-bond acceptors (Lipinski definition) is 2. The van der Waals surface area contributed by atoms with Crippen LogP contribution in [0, 0.1) is 11.3 Å². The van der Waals surface area contributed by atoms with E-state index in [1.54, 1.807) is 0 Å². The summed E-state index contributed by atoms with van der Waals surface area (Å²) < 4.78 is 0. The maximum absolute atomic E-state index is 8.72. The van der Waals surface area contributed by atoms with Gasteiger partial charge in [-0.1, -0.05) is 0 Å². The van der Waals surface area contributed by atoms with Crippen LogP contribution in [0.4, 0.5) is 0 Å². The molecule has 0 aromatic carbocycles. The first kappa shape index (κ1) is 4.77. The zero-order valence-corrected chi connectivity index (χ0v) is 4.67. The summed E-state index contributed by atoms with van der Waals surface area (Å²) in [4.78, 5) is 0. The van der Waals surface area contributed by atoms with Crippen molar-refractivity contribution in [3.8, 4) is 0 Å². The van der Waals surface area contributed by atoms with Gasteiger partial charge in [-0.3, -0.25) is 0 Å². The van der Waals surface area contributed by atoms with Crippen molar-refractivity contribution in [1.82, 2.24) is 0 Å². The third-order valence-electron chi connectivity index (χ3n) is 2.63. The van der Waals surface area contributed by atoms with Gasteiger partial charge in [-0.05, 0) is 25.2 Å². The molecule has 0 saturated heterocycles. The second kappa shape index (κ2) is 1.09. The maximum atomic E-state index is 8.72. The normalized spacial score (nSPS) is 50.6. The fourth-order valence-corrected chi connectivity index (χ4v) is 1.86. The average molecular weight is 114 g/mol. The quantitative estimate of drug-likeness (QED) is 0.474. The van der Waals surface area contributed by atoms with Crippen LogP contribution in [0.15, 0.2) is 0 Å². The molecule has 0 aliphatic heterocycles. The van der Waals surface area contributed by atoms with Crippen LogP contribution >= 0.6 is 0 Å². The lowest BCUT2D eigenvalue weighted by atomic mass is 9.44. The van der Waals surface area contributed by atoms with Gasteiger partial charge in [-0.25, -0.2) is 0 Å². The van der Waals surface area contributed by atoms with Crippen LogP contribution in [0.3, 0.4) is 0 Å². The number of aliphatic hydroxyl groups is 2. The van der Waals surface area contributed by atoms with Gasteiger partial charge in [0.05, 0.1) is 0 Å². The highest BCUT2D eigenvalue weighted by Gasteiger charge is 2.60. The maximum Gasteiger partial charge on any atom is 0.157 e. The van der Waals surface area contributed by atoms with E-state index in [4.69, 9.17) is 10.2 Å². The summed E-state index contributed by atoms with van der Waals surface area (Å²) in [6, 6.07) is 0. The monoisotopic (exact) mass is 114 g/mol. The van der Waals surface area contributed by atoms with Crippen molar-refractivity contribution in [1.29, 1.82) is 0 Å². The molecule has 3 rings (SSSR count). The predicted molar refractivity (Wildman–Crippen MR) is 28.0 cm³/mol. The van der Waals surface area contributed by atoms with E-state index in [1.807, 2.05) is 0 Å². The number of rotatable bonds is 1. The highest BCUT2D eigenvalue weighted by molar-refractivity contribution is 5.07. The SMILES string of the molecule is OC(O)C12CC(C1)C2. The van der Waals surface area contributed by atoms with E-state index in [-0.39, 0.29) is 5.41 Å². The van der Waals surface area contributed by atoms with Gasteiger partial charge in [-0.2, -0.15) is 0 Å². The molecule has 3 aliphatic carbocycles. The average Bonchev–Trinajstić information content (AvgIpc) is 1.16. The van der Waals surface area contributed by atoms with Crippen molar-refractivity contribution in [2.24, 2.45) is 11.3 Å². The molecule has 0 amide bonds. The lowest BCUT2D eigenvalue weighted by Gasteiger charge is -2.62. The Morgan fingerprint density at radius 2 is 1.75 bits per heavy atom. The van der Waals surface area contributed by atoms with Crippen LogP contribution in [0.1, 0.15) is 19.3 Å². The minimum atomic E-state index is -1.03. The molecule has 0 aromatic rings. The summed E-state index contributed by atoms with van der Waals surface area (Å²) in [6.45, 7) is 0. The van der Waals surface area contributed by atoms with Gasteiger partial charge in [0.25, 0.3) is 0 Å². The lowest BCUT2D eigenvalue weighted by Crippen LogP contribution is -2.58. The Balaban J connectivity index is 2.04. The van der Waals surface area contributed by atoms with Gasteiger partial charge in [0.2, 0.25) is 0 Å². The smallest absolute Gasteiger partial charge is 0.157 e. The van der Waals surface area contributed by atoms with Gasteiger partial charge in [-0.15, -0.1) is 0 Å². The van der Waals surface area contributed by atoms with Gasteiger partial charge in [0.1, 0.15) is 0 Å². The molecule has 0 aromatic heterocycles. The summed E-state index contributed by atoms with van der Waals surface area (Å²) in [5, 5.41) is 17.4. The third-order valence-corrected chi connectivity index (χ3v) is 2.63. The third kappa shape index (κ3) is 0.327. The van der Waals surface area contributed by atoms with Gasteiger partial charge < -0.3 is 10.2 Å². The Labute approximate surface area is 48.1 Å². The zero-order chi connectivity index (χ0) is 5.78. The minimum Gasteiger partial charge on any atom is -0.368 e. The van der Waals surface area contributed by atoms with Crippen LogP contribution in [0.2, 0.25) is 0 Å². The van der Waals surface area contributed by atoms with Crippen molar-refractivity contribution >= 4 is 0 Å². The molecule has 3 fully saturated rings. The Morgan fingerprint density at radius 1 is 1.25 bits per heavy atom. The minimum absolute atomic E-state index is 0.0231. The zero-order valence-electron chi connectivity index (χ0n) is 4.67. The second-order valence-electron chi connectivity index (χ2n) is 3.21. The van der Waals surface area contributed by atoms with Crippen LogP contribution in [0.5, 0.6) is 0 Å². The number of hydrogen-bond donors (Lipinski definition) is 2. The van der Waals surface area contributed by atoms with E-state index in [0.29, 0.717) is 0 Å². The summed E-state index contributed by atoms with van der Waals surface area (Å²) in [5.41, 5.74) is -0.0231. The number of aliphatic hydroxyl groups excluding tert-OH is 1. The molecule has 0 radical (unpaired) electrons. The Kier molecular flexibility index (Phi) is 0.649. The highest BCUT2D eigenvalue weighted by Crippen LogP contribution is 2.65. The molecule has 0 heterocycles. The molecule has 2 nitrogen and oxygen atoms in total. The van der Waals surface area contributed by atoms with Gasteiger partial charge in [0.15, 0.2) is 6.29 Å². The Morgan fingerprint density at radius 3 is 1.75 bits per heavy atom.